The number of rotatable bonds is 8. The van der Waals surface area contributed by atoms with Gasteiger partial charge < -0.3 is 14.8 Å². The molecular formula is C13H21N3O5. The number of hydrogen-bond donors (Lipinski definition) is 2. The van der Waals surface area contributed by atoms with Crippen LogP contribution in [0.2, 0.25) is 0 Å². The topological polar surface area (TPSA) is 105 Å². The van der Waals surface area contributed by atoms with Gasteiger partial charge in [-0.15, -0.1) is 0 Å². The van der Waals surface area contributed by atoms with Crippen LogP contribution in [0, 0.1) is 0 Å². The summed E-state index contributed by atoms with van der Waals surface area (Å²) in [4.78, 5) is 39.6. The van der Waals surface area contributed by atoms with Crippen LogP contribution in [0.15, 0.2) is 9.59 Å². The van der Waals surface area contributed by atoms with Crippen molar-refractivity contribution in [1.29, 1.82) is 0 Å². The van der Waals surface area contributed by atoms with Gasteiger partial charge >= 0.3 is 11.7 Å². The van der Waals surface area contributed by atoms with Gasteiger partial charge in [-0.1, -0.05) is 13.8 Å². The minimum atomic E-state index is -1.31. The Labute approximate surface area is 122 Å². The highest BCUT2D eigenvalue weighted by Crippen LogP contribution is 2.04. The summed E-state index contributed by atoms with van der Waals surface area (Å²) in [5.41, 5.74) is -1.58. The Bertz CT molecular complexity index is 601. The lowest BCUT2D eigenvalue weighted by molar-refractivity contribution is 0.0686. The van der Waals surface area contributed by atoms with Gasteiger partial charge in [-0.3, -0.25) is 14.3 Å². The molecule has 0 aliphatic carbocycles. The molecule has 1 rings (SSSR count). The number of H-pyrrole nitrogens is 1. The zero-order valence-electron chi connectivity index (χ0n) is 12.5. The maximum Gasteiger partial charge on any atom is 0.352 e. The molecule has 0 fully saturated rings. The Balaban J connectivity index is 3.39. The van der Waals surface area contributed by atoms with Gasteiger partial charge in [0.25, 0.3) is 5.56 Å². The molecular weight excluding hydrogens is 278 g/mol. The van der Waals surface area contributed by atoms with E-state index in [9.17, 15) is 19.5 Å². The molecule has 8 heteroatoms. The number of methoxy groups -OCH3 is 1. The number of hydrogen-bond acceptors (Lipinski definition) is 5. The molecule has 0 atom stereocenters. The summed E-state index contributed by atoms with van der Waals surface area (Å²) in [5, 5.41) is 9.18. The second-order valence-electron chi connectivity index (χ2n) is 4.50. The predicted octanol–water partition coefficient (Wildman–Crippen LogP) is -0.277. The van der Waals surface area contributed by atoms with Gasteiger partial charge in [0.05, 0.1) is 18.7 Å². The Hall–Kier alpha value is -1.93. The second-order valence-corrected chi connectivity index (χ2v) is 4.50. The van der Waals surface area contributed by atoms with Crippen LogP contribution >= 0.6 is 0 Å². The number of aromatic nitrogens is 2. The monoisotopic (exact) mass is 299 g/mol. The summed E-state index contributed by atoms with van der Waals surface area (Å²) in [6.45, 7) is 5.63. The van der Waals surface area contributed by atoms with E-state index in [-0.39, 0.29) is 31.0 Å². The van der Waals surface area contributed by atoms with E-state index in [2.05, 4.69) is 4.98 Å². The summed E-state index contributed by atoms with van der Waals surface area (Å²) in [6, 6.07) is 0. The fraction of sp³-hybridized carbons (Fsp3) is 0.615. The molecule has 0 spiro atoms. The highest BCUT2D eigenvalue weighted by molar-refractivity contribution is 5.86. The fourth-order valence-corrected chi connectivity index (χ4v) is 2.00. The summed E-state index contributed by atoms with van der Waals surface area (Å²) < 4.78 is 5.82. The van der Waals surface area contributed by atoms with Crippen molar-refractivity contribution in [3.05, 3.63) is 32.1 Å². The maximum atomic E-state index is 12.4. The number of carboxylic acid groups (broad SMARTS) is 1. The molecule has 0 bridgehead atoms. The molecule has 8 nitrogen and oxygen atoms in total. The molecule has 21 heavy (non-hydrogen) atoms. The van der Waals surface area contributed by atoms with Gasteiger partial charge in [0, 0.05) is 13.7 Å². The van der Waals surface area contributed by atoms with Crippen molar-refractivity contribution in [2.24, 2.45) is 0 Å². The molecule has 0 saturated heterocycles. The number of carbonyl (C=O) groups is 1. The minimum absolute atomic E-state index is 0.0792. The number of nitrogens with zero attached hydrogens (tertiary/aromatic N) is 2. The van der Waals surface area contributed by atoms with E-state index in [1.165, 1.54) is 7.11 Å². The minimum Gasteiger partial charge on any atom is -0.477 e. The molecule has 0 radical (unpaired) electrons. The van der Waals surface area contributed by atoms with Crippen LogP contribution in [0.3, 0.4) is 0 Å². The zero-order valence-corrected chi connectivity index (χ0v) is 12.5. The average molecular weight is 299 g/mol. The van der Waals surface area contributed by atoms with Gasteiger partial charge in [-0.05, 0) is 13.1 Å². The van der Waals surface area contributed by atoms with Gasteiger partial charge in [0.2, 0.25) is 0 Å². The normalized spacial score (nSPS) is 11.0. The lowest BCUT2D eigenvalue weighted by Crippen LogP contribution is -2.42. The second kappa shape index (κ2) is 7.75. The van der Waals surface area contributed by atoms with Crippen LogP contribution in [0.1, 0.15) is 29.9 Å². The van der Waals surface area contributed by atoms with Crippen LogP contribution in [0.25, 0.3) is 0 Å². The molecule has 1 aromatic rings. The molecule has 0 aromatic carbocycles. The summed E-state index contributed by atoms with van der Waals surface area (Å²) in [6.07, 6.45) is 0. The summed E-state index contributed by atoms with van der Waals surface area (Å²) in [5.74, 6) is -1.31. The number of ether oxygens (including phenoxy) is 1. The Morgan fingerprint density at radius 3 is 2.43 bits per heavy atom. The molecule has 0 aliphatic heterocycles. The molecule has 1 aromatic heterocycles. The zero-order chi connectivity index (χ0) is 16.0. The van der Waals surface area contributed by atoms with E-state index in [0.29, 0.717) is 13.1 Å². The van der Waals surface area contributed by atoms with Crippen molar-refractivity contribution in [3.8, 4) is 0 Å². The number of nitrogens with one attached hydrogen (secondary N) is 1. The van der Waals surface area contributed by atoms with Gasteiger partial charge in [-0.2, -0.15) is 0 Å². The van der Waals surface area contributed by atoms with Crippen molar-refractivity contribution >= 4 is 5.97 Å². The van der Waals surface area contributed by atoms with Crippen LogP contribution in [0.4, 0.5) is 0 Å². The predicted molar refractivity (Wildman–Crippen MR) is 76.8 cm³/mol. The van der Waals surface area contributed by atoms with Crippen molar-refractivity contribution in [3.63, 3.8) is 0 Å². The molecule has 0 saturated carbocycles. The number of aromatic carboxylic acids is 1. The first-order chi connectivity index (χ1) is 9.96. The van der Waals surface area contributed by atoms with Crippen LogP contribution < -0.4 is 11.2 Å². The van der Waals surface area contributed by atoms with Gasteiger partial charge in [0.1, 0.15) is 5.69 Å². The molecule has 0 unspecified atom stereocenters. The highest BCUT2D eigenvalue weighted by atomic mass is 16.5. The smallest absolute Gasteiger partial charge is 0.352 e. The number of aromatic amines is 1. The Morgan fingerprint density at radius 2 is 1.95 bits per heavy atom. The Kier molecular flexibility index (Phi) is 6.32. The van der Waals surface area contributed by atoms with Crippen LogP contribution in [0.5, 0.6) is 0 Å². The van der Waals surface area contributed by atoms with Gasteiger partial charge in [0.15, 0.2) is 0 Å². The summed E-state index contributed by atoms with van der Waals surface area (Å²) in [7, 11) is 1.46. The first-order valence-corrected chi connectivity index (χ1v) is 6.76. The van der Waals surface area contributed by atoms with Crippen molar-refractivity contribution < 1.29 is 14.6 Å². The molecule has 0 amide bonds. The standard InChI is InChI=1S/C13H21N3O5/c1-4-15(5-2)8-9-10(12(18)19)14-13(20)16(11(9)17)6-7-21-3/h4-8H2,1-3H3,(H,14,20)(H,18,19). The van der Waals surface area contributed by atoms with Crippen molar-refractivity contribution in [2.45, 2.75) is 26.9 Å². The lowest BCUT2D eigenvalue weighted by atomic mass is 10.2. The van der Waals surface area contributed by atoms with E-state index in [4.69, 9.17) is 4.74 Å². The van der Waals surface area contributed by atoms with E-state index in [1.807, 2.05) is 18.7 Å². The van der Waals surface area contributed by atoms with Gasteiger partial charge in [-0.25, -0.2) is 9.59 Å². The Morgan fingerprint density at radius 1 is 1.33 bits per heavy atom. The molecule has 118 valence electrons. The van der Waals surface area contributed by atoms with Crippen molar-refractivity contribution in [2.75, 3.05) is 26.8 Å². The lowest BCUT2D eigenvalue weighted by Gasteiger charge is -2.19. The van der Waals surface area contributed by atoms with Crippen LogP contribution in [-0.2, 0) is 17.8 Å². The largest absolute Gasteiger partial charge is 0.477 e. The molecule has 2 N–H and O–H groups in total. The third kappa shape index (κ3) is 4.02. The van der Waals surface area contributed by atoms with E-state index in [0.717, 1.165) is 4.57 Å². The summed E-state index contributed by atoms with van der Waals surface area (Å²) >= 11 is 0. The quantitative estimate of drug-likeness (QED) is 0.684. The first-order valence-electron chi connectivity index (χ1n) is 6.76. The maximum absolute atomic E-state index is 12.4. The molecule has 0 aliphatic rings. The average Bonchev–Trinajstić information content (AvgIpc) is 2.45. The highest BCUT2D eigenvalue weighted by Gasteiger charge is 2.20. The SMILES string of the molecule is CCN(CC)Cc1c(C(=O)O)[nH]c(=O)n(CCOC)c1=O. The third-order valence-electron chi connectivity index (χ3n) is 3.29. The molecule has 1 heterocycles. The van der Waals surface area contributed by atoms with Crippen molar-refractivity contribution in [1.82, 2.24) is 14.5 Å². The fourth-order valence-electron chi connectivity index (χ4n) is 2.00. The van der Waals surface area contributed by atoms with E-state index in [1.54, 1.807) is 0 Å². The van der Waals surface area contributed by atoms with E-state index < -0.39 is 17.2 Å². The van der Waals surface area contributed by atoms with Crippen LogP contribution in [-0.4, -0.2) is 52.3 Å². The van der Waals surface area contributed by atoms with E-state index >= 15 is 0 Å². The number of carboxylic acids is 1. The third-order valence-corrected chi connectivity index (χ3v) is 3.29. The first kappa shape index (κ1) is 17.1.